The third-order valence-corrected chi connectivity index (χ3v) is 10.7. The number of hydrogen-bond acceptors (Lipinski definition) is 6. The van der Waals surface area contributed by atoms with Crippen LogP contribution in [0.3, 0.4) is 0 Å². The number of aromatic amines is 1. The number of para-hydroxylation sites is 2. The second-order valence-electron chi connectivity index (χ2n) is 13.3. The van der Waals surface area contributed by atoms with Gasteiger partial charge in [0.25, 0.3) is 11.1 Å². The molecule has 212 valence electrons. The van der Waals surface area contributed by atoms with E-state index in [0.29, 0.717) is 29.4 Å². The van der Waals surface area contributed by atoms with E-state index in [-0.39, 0.29) is 17.4 Å². The molecule has 0 radical (unpaired) electrons. The maximum absolute atomic E-state index is 14.1. The van der Waals surface area contributed by atoms with Gasteiger partial charge >= 0.3 is 5.69 Å². The molecule has 2 aliphatic carbocycles. The highest BCUT2D eigenvalue weighted by Gasteiger charge is 2.47. The zero-order valence-corrected chi connectivity index (χ0v) is 23.5. The van der Waals surface area contributed by atoms with Crippen LogP contribution in [0.1, 0.15) is 77.7 Å². The van der Waals surface area contributed by atoms with E-state index in [1.165, 1.54) is 51.5 Å². The molecule has 4 bridgehead atoms. The molecular formula is C31H40N6O3. The lowest BCUT2D eigenvalue weighted by atomic mass is 9.66. The Morgan fingerprint density at radius 2 is 1.60 bits per heavy atom. The monoisotopic (exact) mass is 544 g/mol. The Balaban J connectivity index is 1.26. The molecule has 0 amide bonds. The fourth-order valence-electron chi connectivity index (χ4n) is 9.13. The topological polar surface area (TPSA) is 106 Å². The first-order chi connectivity index (χ1) is 19.4. The van der Waals surface area contributed by atoms with Crippen LogP contribution in [-0.2, 0) is 0 Å². The Kier molecular flexibility index (Phi) is 6.52. The Morgan fingerprint density at radius 3 is 2.30 bits per heavy atom. The lowest BCUT2D eigenvalue weighted by molar-refractivity contribution is -0.0591. The summed E-state index contributed by atoms with van der Waals surface area (Å²) in [6.07, 6.45) is 12.5. The highest BCUT2D eigenvalue weighted by Crippen LogP contribution is 2.48. The number of benzene rings is 1. The van der Waals surface area contributed by atoms with Crippen molar-refractivity contribution in [3.8, 4) is 5.82 Å². The van der Waals surface area contributed by atoms with Gasteiger partial charge in [-0.2, -0.15) is 9.78 Å². The van der Waals surface area contributed by atoms with Crippen molar-refractivity contribution >= 4 is 11.0 Å². The van der Waals surface area contributed by atoms with Crippen LogP contribution in [0.2, 0.25) is 0 Å². The number of piperidine rings is 2. The summed E-state index contributed by atoms with van der Waals surface area (Å²) in [5, 5.41) is 3.96. The standard InChI is InChI=1S/C31H40N6O3/c1-18-10-19(2)27-15-23(14-26(18)35(27)17-22-12-20-6-5-7-21(11-20)13-22)36-25-9-4-3-8-24(25)33-29(30(36)39)37-31(40)34-28(38)16-32-37/h3-4,8-9,16,18-23,26-27H,5-7,10-15,17H2,1-2H3,(H,34,38,40)/t18-,19+,20-,21-,23?,26+,27-/m1/s1. The average Bonchev–Trinajstić information content (AvgIpc) is 2.92. The number of hydrogen-bond donors (Lipinski definition) is 1. The Morgan fingerprint density at radius 1 is 0.900 bits per heavy atom. The van der Waals surface area contributed by atoms with Crippen LogP contribution in [-0.4, -0.2) is 47.8 Å². The molecule has 2 saturated heterocycles. The van der Waals surface area contributed by atoms with Gasteiger partial charge in [0.2, 0.25) is 5.82 Å². The van der Waals surface area contributed by atoms with Gasteiger partial charge in [-0.15, -0.1) is 0 Å². The van der Waals surface area contributed by atoms with Gasteiger partial charge in [0, 0.05) is 24.7 Å². The molecule has 1 unspecified atom stereocenters. The summed E-state index contributed by atoms with van der Waals surface area (Å²) in [6.45, 7) is 5.98. The molecular weight excluding hydrogens is 504 g/mol. The zero-order valence-electron chi connectivity index (χ0n) is 23.5. The molecule has 40 heavy (non-hydrogen) atoms. The predicted molar refractivity (Wildman–Crippen MR) is 154 cm³/mol. The van der Waals surface area contributed by atoms with Gasteiger partial charge in [0.05, 0.1) is 11.0 Å². The molecule has 4 heterocycles. The molecule has 7 rings (SSSR count). The first kappa shape index (κ1) is 25.9. The summed E-state index contributed by atoms with van der Waals surface area (Å²) in [7, 11) is 0. The van der Waals surface area contributed by atoms with E-state index >= 15 is 0 Å². The van der Waals surface area contributed by atoms with Crippen molar-refractivity contribution in [2.75, 3.05) is 6.54 Å². The summed E-state index contributed by atoms with van der Waals surface area (Å²) in [5.41, 5.74) is -0.278. The van der Waals surface area contributed by atoms with Crippen molar-refractivity contribution in [1.82, 2.24) is 29.2 Å². The Bertz CT molecular complexity index is 1560. The first-order valence-corrected chi connectivity index (χ1v) is 15.3. The summed E-state index contributed by atoms with van der Waals surface area (Å²) in [5.74, 6) is 3.69. The maximum atomic E-state index is 14.1. The van der Waals surface area contributed by atoms with Crippen molar-refractivity contribution in [3.63, 3.8) is 0 Å². The van der Waals surface area contributed by atoms with Gasteiger partial charge in [-0.3, -0.25) is 19.5 Å². The van der Waals surface area contributed by atoms with Gasteiger partial charge in [0.15, 0.2) is 0 Å². The molecule has 2 aliphatic heterocycles. The van der Waals surface area contributed by atoms with Crippen molar-refractivity contribution in [1.29, 1.82) is 0 Å². The molecule has 9 heteroatoms. The van der Waals surface area contributed by atoms with Crippen molar-refractivity contribution in [2.24, 2.45) is 29.6 Å². The van der Waals surface area contributed by atoms with Gasteiger partial charge in [-0.25, -0.2) is 9.78 Å². The molecule has 9 nitrogen and oxygen atoms in total. The quantitative estimate of drug-likeness (QED) is 0.534. The minimum absolute atomic E-state index is 0.000185. The molecule has 3 aromatic rings. The summed E-state index contributed by atoms with van der Waals surface area (Å²) < 4.78 is 2.80. The average molecular weight is 545 g/mol. The third kappa shape index (κ3) is 4.46. The minimum atomic E-state index is -0.759. The fraction of sp³-hybridized carbons (Fsp3) is 0.645. The lowest BCUT2D eigenvalue weighted by Crippen LogP contribution is -2.60. The molecule has 2 saturated carbocycles. The first-order valence-electron chi connectivity index (χ1n) is 15.3. The smallest absolute Gasteiger partial charge is 0.300 e. The summed E-state index contributed by atoms with van der Waals surface area (Å²) >= 11 is 0. The number of aromatic nitrogens is 5. The Labute approximate surface area is 233 Å². The molecule has 2 aromatic heterocycles. The van der Waals surface area contributed by atoms with Crippen LogP contribution in [0.15, 0.2) is 44.8 Å². The summed E-state index contributed by atoms with van der Waals surface area (Å²) in [4.78, 5) is 48.0. The van der Waals surface area contributed by atoms with E-state index in [1.807, 2.05) is 28.8 Å². The van der Waals surface area contributed by atoms with Gasteiger partial charge < -0.3 is 4.57 Å². The van der Waals surface area contributed by atoms with Crippen molar-refractivity contribution in [3.05, 3.63) is 61.7 Å². The number of rotatable bonds is 4. The number of fused-ring (bicyclic) bond motifs is 5. The number of nitrogens with one attached hydrogen (secondary N) is 1. The predicted octanol–water partition coefficient (Wildman–Crippen LogP) is 3.90. The van der Waals surface area contributed by atoms with E-state index in [0.717, 1.165) is 47.0 Å². The molecule has 0 spiro atoms. The third-order valence-electron chi connectivity index (χ3n) is 10.7. The zero-order chi connectivity index (χ0) is 27.5. The largest absolute Gasteiger partial charge is 0.351 e. The van der Waals surface area contributed by atoms with Crippen molar-refractivity contribution < 1.29 is 0 Å². The normalized spacial score (nSPS) is 34.1. The molecule has 1 N–H and O–H groups in total. The van der Waals surface area contributed by atoms with Crippen LogP contribution >= 0.6 is 0 Å². The highest BCUT2D eigenvalue weighted by molar-refractivity contribution is 5.75. The van der Waals surface area contributed by atoms with Crippen LogP contribution in [0.5, 0.6) is 0 Å². The number of H-pyrrole nitrogens is 1. The van der Waals surface area contributed by atoms with Gasteiger partial charge in [0.1, 0.15) is 6.20 Å². The number of nitrogens with zero attached hydrogens (tertiary/aromatic N) is 5. The van der Waals surface area contributed by atoms with E-state index in [1.54, 1.807) is 0 Å². The summed E-state index contributed by atoms with van der Waals surface area (Å²) in [6, 6.07) is 8.50. The Hall–Kier alpha value is -3.07. The van der Waals surface area contributed by atoms with Crippen LogP contribution in [0.4, 0.5) is 0 Å². The van der Waals surface area contributed by atoms with E-state index in [9.17, 15) is 14.4 Å². The van der Waals surface area contributed by atoms with Gasteiger partial charge in [-0.1, -0.05) is 45.2 Å². The van der Waals surface area contributed by atoms with Crippen LogP contribution in [0.25, 0.3) is 16.9 Å². The van der Waals surface area contributed by atoms with E-state index in [4.69, 9.17) is 0 Å². The lowest BCUT2D eigenvalue weighted by Gasteiger charge is -2.56. The van der Waals surface area contributed by atoms with Crippen LogP contribution < -0.4 is 16.8 Å². The molecule has 1 aromatic carbocycles. The van der Waals surface area contributed by atoms with Gasteiger partial charge in [-0.05, 0) is 80.2 Å². The van der Waals surface area contributed by atoms with E-state index in [2.05, 4.69) is 33.8 Å². The highest BCUT2D eigenvalue weighted by atomic mass is 16.2. The molecule has 4 aliphatic rings. The minimum Gasteiger partial charge on any atom is -0.300 e. The second-order valence-corrected chi connectivity index (χ2v) is 13.3. The van der Waals surface area contributed by atoms with Crippen molar-refractivity contribution in [2.45, 2.75) is 89.8 Å². The maximum Gasteiger partial charge on any atom is 0.351 e. The second kappa shape index (κ2) is 10.1. The fourth-order valence-corrected chi connectivity index (χ4v) is 9.13. The SMILES string of the molecule is C[C@@H]1C[C@H](C)[C@H]2CC(n3c(=O)c(-n4ncc(=O)[nH]c4=O)nc4ccccc43)C[C@@H]1N2CC1C[C@@H]2CCC[C@@H](C1)C2. The van der Waals surface area contributed by atoms with Crippen LogP contribution in [0, 0.1) is 29.6 Å². The molecule has 7 atom stereocenters. The van der Waals surface area contributed by atoms with E-state index < -0.39 is 11.2 Å². The molecule has 4 fully saturated rings.